The maximum absolute atomic E-state index is 12.7. The Balaban J connectivity index is 2.24. The maximum Gasteiger partial charge on any atom is 0.308 e. The molecule has 2 rings (SSSR count). The van der Waals surface area contributed by atoms with Crippen LogP contribution in [0.25, 0.3) is 0 Å². The van der Waals surface area contributed by atoms with Gasteiger partial charge in [-0.15, -0.1) is 0 Å². The van der Waals surface area contributed by atoms with Crippen molar-refractivity contribution in [3.8, 4) is 11.5 Å². The van der Waals surface area contributed by atoms with Crippen LogP contribution in [-0.2, 0) is 9.53 Å². The van der Waals surface area contributed by atoms with Gasteiger partial charge in [-0.2, -0.15) is 0 Å². The molecule has 2 aromatic carbocycles. The number of amides is 1. The van der Waals surface area contributed by atoms with Crippen molar-refractivity contribution < 1.29 is 23.8 Å². The summed E-state index contributed by atoms with van der Waals surface area (Å²) in [6.07, 6.45) is 0.0515. The quantitative estimate of drug-likeness (QED) is 0.720. The number of ether oxygens (including phenoxy) is 3. The fraction of sp³-hybridized carbons (Fsp3) is 0.333. The highest BCUT2D eigenvalue weighted by atomic mass is 16.5. The van der Waals surface area contributed by atoms with Crippen LogP contribution in [0.4, 0.5) is 0 Å². The number of benzene rings is 2. The minimum atomic E-state index is -0.495. The molecule has 0 saturated heterocycles. The Bertz CT molecular complexity index is 786. The van der Waals surface area contributed by atoms with Gasteiger partial charge in [0.2, 0.25) is 0 Å². The Kier molecular flexibility index (Phi) is 7.23. The molecule has 2 aromatic rings. The zero-order chi connectivity index (χ0) is 19.8. The molecular formula is C21H25NO5. The summed E-state index contributed by atoms with van der Waals surface area (Å²) >= 11 is 0. The first-order chi connectivity index (χ1) is 13.0. The zero-order valence-corrected chi connectivity index (χ0v) is 16.1. The summed E-state index contributed by atoms with van der Waals surface area (Å²) in [5, 5.41) is 2.91. The van der Waals surface area contributed by atoms with E-state index < -0.39 is 6.04 Å². The van der Waals surface area contributed by atoms with Crippen molar-refractivity contribution >= 4 is 11.9 Å². The van der Waals surface area contributed by atoms with Gasteiger partial charge >= 0.3 is 5.97 Å². The third-order valence-electron chi connectivity index (χ3n) is 4.11. The maximum atomic E-state index is 12.7. The Hall–Kier alpha value is -3.02. The van der Waals surface area contributed by atoms with Gasteiger partial charge in [0.1, 0.15) is 0 Å². The van der Waals surface area contributed by atoms with E-state index in [1.54, 1.807) is 25.1 Å². The Morgan fingerprint density at radius 2 is 1.67 bits per heavy atom. The van der Waals surface area contributed by atoms with Crippen LogP contribution < -0.4 is 14.8 Å². The number of carbonyl (C=O) groups excluding carboxylic acids is 2. The zero-order valence-electron chi connectivity index (χ0n) is 16.1. The standard InChI is InChI=1S/C21H25NO5/c1-5-27-20(23)13-17(15-8-6-14(2)7-9-15)22-21(24)16-10-11-18(25-3)19(12-16)26-4/h6-12,17H,5,13H2,1-4H3,(H,22,24)/t17-/m0/s1. The predicted octanol–water partition coefficient (Wildman–Crippen LogP) is 3.44. The molecule has 0 unspecified atom stereocenters. The van der Waals surface area contributed by atoms with Crippen LogP contribution in [0.2, 0.25) is 0 Å². The lowest BCUT2D eigenvalue weighted by Gasteiger charge is -2.19. The second-order valence-electron chi connectivity index (χ2n) is 6.02. The summed E-state index contributed by atoms with van der Waals surface area (Å²) in [6, 6.07) is 12.1. The first-order valence-electron chi connectivity index (χ1n) is 8.73. The number of hydrogen-bond donors (Lipinski definition) is 1. The van der Waals surface area contributed by atoms with Gasteiger partial charge in [0.15, 0.2) is 11.5 Å². The average molecular weight is 371 g/mol. The molecule has 0 radical (unpaired) electrons. The molecule has 0 aromatic heterocycles. The van der Waals surface area contributed by atoms with Gasteiger partial charge in [-0.3, -0.25) is 9.59 Å². The van der Waals surface area contributed by atoms with Crippen LogP contribution in [0, 0.1) is 6.92 Å². The summed E-state index contributed by atoms with van der Waals surface area (Å²) in [4.78, 5) is 24.7. The number of hydrogen-bond acceptors (Lipinski definition) is 5. The lowest BCUT2D eigenvalue weighted by atomic mass is 10.0. The number of carbonyl (C=O) groups is 2. The molecule has 0 spiro atoms. The number of aryl methyl sites for hydroxylation is 1. The first kappa shape index (κ1) is 20.3. The molecule has 6 heteroatoms. The summed E-state index contributed by atoms with van der Waals surface area (Å²) in [5.41, 5.74) is 2.34. The van der Waals surface area contributed by atoms with Crippen molar-refractivity contribution in [2.75, 3.05) is 20.8 Å². The smallest absolute Gasteiger partial charge is 0.308 e. The van der Waals surface area contributed by atoms with E-state index in [4.69, 9.17) is 14.2 Å². The molecule has 1 atom stereocenters. The highest BCUT2D eigenvalue weighted by Gasteiger charge is 2.21. The minimum absolute atomic E-state index is 0.0515. The highest BCUT2D eigenvalue weighted by molar-refractivity contribution is 5.95. The molecule has 1 amide bonds. The predicted molar refractivity (Wildman–Crippen MR) is 102 cm³/mol. The second-order valence-corrected chi connectivity index (χ2v) is 6.02. The van der Waals surface area contributed by atoms with E-state index in [2.05, 4.69) is 5.32 Å². The molecule has 1 N–H and O–H groups in total. The average Bonchev–Trinajstić information content (AvgIpc) is 2.67. The van der Waals surface area contributed by atoms with Gasteiger partial charge in [0.25, 0.3) is 5.91 Å². The minimum Gasteiger partial charge on any atom is -0.493 e. The van der Waals surface area contributed by atoms with Gasteiger partial charge in [0, 0.05) is 5.56 Å². The summed E-state index contributed by atoms with van der Waals surface area (Å²) in [7, 11) is 3.04. The second kappa shape index (κ2) is 9.62. The molecule has 6 nitrogen and oxygen atoms in total. The number of esters is 1. The largest absolute Gasteiger partial charge is 0.493 e. The van der Waals surface area contributed by atoms with Crippen molar-refractivity contribution in [3.63, 3.8) is 0 Å². The van der Waals surface area contributed by atoms with Crippen molar-refractivity contribution in [1.82, 2.24) is 5.32 Å². The molecule has 0 saturated carbocycles. The fourth-order valence-corrected chi connectivity index (χ4v) is 2.66. The van der Waals surface area contributed by atoms with Crippen LogP contribution in [-0.4, -0.2) is 32.7 Å². The van der Waals surface area contributed by atoms with Crippen molar-refractivity contribution in [3.05, 3.63) is 59.2 Å². The van der Waals surface area contributed by atoms with Gasteiger partial charge in [-0.05, 0) is 37.6 Å². The molecular weight excluding hydrogens is 346 g/mol. The molecule has 0 fully saturated rings. The van der Waals surface area contributed by atoms with Gasteiger partial charge < -0.3 is 19.5 Å². The van der Waals surface area contributed by atoms with Gasteiger partial charge in [0.05, 0.1) is 33.3 Å². The molecule has 0 aliphatic rings. The van der Waals surface area contributed by atoms with Crippen LogP contribution >= 0.6 is 0 Å². The van der Waals surface area contributed by atoms with E-state index in [0.29, 0.717) is 23.7 Å². The third-order valence-corrected chi connectivity index (χ3v) is 4.11. The topological polar surface area (TPSA) is 73.9 Å². The van der Waals surface area contributed by atoms with Crippen molar-refractivity contribution in [2.24, 2.45) is 0 Å². The van der Waals surface area contributed by atoms with Crippen LogP contribution in [0.3, 0.4) is 0 Å². The van der Waals surface area contributed by atoms with E-state index in [9.17, 15) is 9.59 Å². The molecule has 0 aliphatic carbocycles. The fourth-order valence-electron chi connectivity index (χ4n) is 2.66. The Morgan fingerprint density at radius 1 is 1.00 bits per heavy atom. The van der Waals surface area contributed by atoms with Crippen LogP contribution in [0.5, 0.6) is 11.5 Å². The number of methoxy groups -OCH3 is 2. The SMILES string of the molecule is CCOC(=O)C[C@H](NC(=O)c1ccc(OC)c(OC)c1)c1ccc(C)cc1. The van der Waals surface area contributed by atoms with Crippen LogP contribution in [0.15, 0.2) is 42.5 Å². The van der Waals surface area contributed by atoms with Crippen molar-refractivity contribution in [2.45, 2.75) is 26.3 Å². The molecule has 27 heavy (non-hydrogen) atoms. The van der Waals surface area contributed by atoms with E-state index in [1.165, 1.54) is 14.2 Å². The highest BCUT2D eigenvalue weighted by Crippen LogP contribution is 2.28. The van der Waals surface area contributed by atoms with E-state index in [-0.39, 0.29) is 18.3 Å². The van der Waals surface area contributed by atoms with E-state index in [0.717, 1.165) is 11.1 Å². The molecule has 0 bridgehead atoms. The van der Waals surface area contributed by atoms with E-state index in [1.807, 2.05) is 31.2 Å². The number of rotatable bonds is 8. The van der Waals surface area contributed by atoms with E-state index >= 15 is 0 Å². The third kappa shape index (κ3) is 5.48. The Labute approximate surface area is 159 Å². The normalized spacial score (nSPS) is 11.4. The lowest BCUT2D eigenvalue weighted by molar-refractivity contribution is -0.143. The summed E-state index contributed by atoms with van der Waals surface area (Å²) < 4.78 is 15.5. The number of nitrogens with one attached hydrogen (secondary N) is 1. The molecule has 144 valence electrons. The van der Waals surface area contributed by atoms with Gasteiger partial charge in [-0.1, -0.05) is 29.8 Å². The lowest BCUT2D eigenvalue weighted by Crippen LogP contribution is -2.30. The summed E-state index contributed by atoms with van der Waals surface area (Å²) in [6.45, 7) is 4.02. The Morgan fingerprint density at radius 3 is 2.26 bits per heavy atom. The van der Waals surface area contributed by atoms with Crippen LogP contribution in [0.1, 0.15) is 40.9 Å². The van der Waals surface area contributed by atoms with Crippen molar-refractivity contribution in [1.29, 1.82) is 0 Å². The van der Waals surface area contributed by atoms with Gasteiger partial charge in [-0.25, -0.2) is 0 Å². The first-order valence-corrected chi connectivity index (χ1v) is 8.73. The monoisotopic (exact) mass is 371 g/mol. The molecule has 0 aliphatic heterocycles. The summed E-state index contributed by atoms with van der Waals surface area (Å²) in [5.74, 6) is 0.319. The molecule has 0 heterocycles.